The smallest absolute Gasteiger partial charge is 0.222 e. The Bertz CT molecular complexity index is 378. The highest BCUT2D eigenvalue weighted by molar-refractivity contribution is 6.30. The van der Waals surface area contributed by atoms with Gasteiger partial charge in [0.1, 0.15) is 0 Å². The monoisotopic (exact) mass is 269 g/mol. The topological polar surface area (TPSA) is 49.3 Å². The van der Waals surface area contributed by atoms with Crippen molar-refractivity contribution in [3.05, 3.63) is 34.9 Å². The molecule has 0 fully saturated rings. The first kappa shape index (κ1) is 15.0. The molecule has 2 N–H and O–H groups in total. The minimum absolute atomic E-state index is 0.00702. The lowest BCUT2D eigenvalue weighted by atomic mass is 10.0. The molecule has 3 nitrogen and oxygen atoms in total. The van der Waals surface area contributed by atoms with Crippen LogP contribution >= 0.6 is 11.6 Å². The molecule has 2 unspecified atom stereocenters. The van der Waals surface area contributed by atoms with Crippen molar-refractivity contribution in [1.82, 2.24) is 5.32 Å². The summed E-state index contributed by atoms with van der Waals surface area (Å²) in [5.41, 5.74) is 0.753. The van der Waals surface area contributed by atoms with E-state index in [0.717, 1.165) is 18.4 Å². The minimum atomic E-state index is -0.694. The van der Waals surface area contributed by atoms with Crippen molar-refractivity contribution in [3.63, 3.8) is 0 Å². The number of hydrogen-bond donors (Lipinski definition) is 2. The second-order valence-corrected chi connectivity index (χ2v) is 4.94. The van der Waals surface area contributed by atoms with Crippen molar-refractivity contribution in [3.8, 4) is 0 Å². The van der Waals surface area contributed by atoms with E-state index >= 15 is 0 Å². The number of carbonyl (C=O) groups excluding carboxylic acids is 1. The molecule has 2 atom stereocenters. The van der Waals surface area contributed by atoms with Crippen LogP contribution in [-0.2, 0) is 4.79 Å². The molecule has 1 amide bonds. The van der Waals surface area contributed by atoms with Gasteiger partial charge in [0.15, 0.2) is 0 Å². The van der Waals surface area contributed by atoms with Gasteiger partial charge in [-0.1, -0.05) is 44.0 Å². The summed E-state index contributed by atoms with van der Waals surface area (Å²) in [5, 5.41) is 13.3. The largest absolute Gasteiger partial charge is 0.387 e. The van der Waals surface area contributed by atoms with Crippen LogP contribution in [-0.4, -0.2) is 17.6 Å². The van der Waals surface area contributed by atoms with Crippen molar-refractivity contribution in [2.24, 2.45) is 5.92 Å². The van der Waals surface area contributed by atoms with Gasteiger partial charge in [0.2, 0.25) is 5.91 Å². The average molecular weight is 270 g/mol. The molecule has 0 aliphatic carbocycles. The summed E-state index contributed by atoms with van der Waals surface area (Å²) in [4.78, 5) is 11.7. The third-order valence-electron chi connectivity index (χ3n) is 2.89. The average Bonchev–Trinajstić information content (AvgIpc) is 2.36. The van der Waals surface area contributed by atoms with Gasteiger partial charge < -0.3 is 10.4 Å². The summed E-state index contributed by atoms with van der Waals surface area (Å²) in [6.45, 7) is 4.17. The van der Waals surface area contributed by atoms with Gasteiger partial charge in [0, 0.05) is 17.5 Å². The van der Waals surface area contributed by atoms with E-state index in [2.05, 4.69) is 5.32 Å². The Morgan fingerprint density at radius 2 is 2.00 bits per heavy atom. The van der Waals surface area contributed by atoms with Gasteiger partial charge in [-0.3, -0.25) is 4.79 Å². The molecule has 0 saturated carbocycles. The van der Waals surface area contributed by atoms with Crippen LogP contribution in [0.4, 0.5) is 0 Å². The zero-order chi connectivity index (χ0) is 13.5. The number of halogens is 1. The number of nitrogens with one attached hydrogen (secondary N) is 1. The number of hydrogen-bond acceptors (Lipinski definition) is 2. The van der Waals surface area contributed by atoms with E-state index in [-0.39, 0.29) is 18.4 Å². The van der Waals surface area contributed by atoms with Crippen LogP contribution in [0.15, 0.2) is 24.3 Å². The SMILES string of the molecule is CCCC(C)C(=O)NCC(O)c1ccc(Cl)cc1. The van der Waals surface area contributed by atoms with Gasteiger partial charge in [-0.05, 0) is 24.1 Å². The van der Waals surface area contributed by atoms with Crippen LogP contribution in [0.5, 0.6) is 0 Å². The Kier molecular flexibility index (Phi) is 6.16. The van der Waals surface area contributed by atoms with Crippen LogP contribution in [0.3, 0.4) is 0 Å². The molecule has 100 valence electrons. The van der Waals surface area contributed by atoms with Crippen molar-refractivity contribution in [2.45, 2.75) is 32.8 Å². The van der Waals surface area contributed by atoms with Crippen LogP contribution in [0, 0.1) is 5.92 Å². The zero-order valence-corrected chi connectivity index (χ0v) is 11.6. The van der Waals surface area contributed by atoms with E-state index in [1.807, 2.05) is 13.8 Å². The van der Waals surface area contributed by atoms with Crippen LogP contribution in [0.2, 0.25) is 5.02 Å². The summed E-state index contributed by atoms with van der Waals surface area (Å²) >= 11 is 5.77. The molecule has 0 aliphatic rings. The summed E-state index contributed by atoms with van der Waals surface area (Å²) in [6.07, 6.45) is 1.15. The Balaban J connectivity index is 2.43. The van der Waals surface area contributed by atoms with Crippen molar-refractivity contribution in [2.75, 3.05) is 6.54 Å². The lowest BCUT2D eigenvalue weighted by Gasteiger charge is -2.15. The maximum Gasteiger partial charge on any atom is 0.222 e. The summed E-state index contributed by atoms with van der Waals surface area (Å²) < 4.78 is 0. The molecule has 0 spiro atoms. The van der Waals surface area contributed by atoms with Crippen molar-refractivity contribution >= 4 is 17.5 Å². The summed E-state index contributed by atoms with van der Waals surface area (Å²) in [6, 6.07) is 6.96. The number of rotatable bonds is 6. The third-order valence-corrected chi connectivity index (χ3v) is 3.15. The molecule has 0 aliphatic heterocycles. The van der Waals surface area contributed by atoms with Crippen molar-refractivity contribution < 1.29 is 9.90 Å². The minimum Gasteiger partial charge on any atom is -0.387 e. The van der Waals surface area contributed by atoms with Gasteiger partial charge in [0.25, 0.3) is 0 Å². The van der Waals surface area contributed by atoms with Gasteiger partial charge in [-0.15, -0.1) is 0 Å². The number of benzene rings is 1. The summed E-state index contributed by atoms with van der Waals surface area (Å²) in [5.74, 6) is -0.0164. The Morgan fingerprint density at radius 3 is 2.56 bits per heavy atom. The molecule has 4 heteroatoms. The predicted molar refractivity (Wildman–Crippen MR) is 73.5 cm³/mol. The highest BCUT2D eigenvalue weighted by atomic mass is 35.5. The molecule has 18 heavy (non-hydrogen) atoms. The second kappa shape index (κ2) is 7.39. The van der Waals surface area contributed by atoms with E-state index in [1.165, 1.54) is 0 Å². The van der Waals surface area contributed by atoms with Crippen LogP contribution in [0.1, 0.15) is 38.4 Å². The number of aliphatic hydroxyl groups excluding tert-OH is 1. The molecule has 0 radical (unpaired) electrons. The van der Waals surface area contributed by atoms with E-state index in [1.54, 1.807) is 24.3 Å². The van der Waals surface area contributed by atoms with Crippen LogP contribution in [0.25, 0.3) is 0 Å². The second-order valence-electron chi connectivity index (χ2n) is 4.50. The first-order chi connectivity index (χ1) is 8.54. The maximum absolute atomic E-state index is 11.7. The predicted octanol–water partition coefficient (Wildman–Crippen LogP) is 2.93. The van der Waals surface area contributed by atoms with Gasteiger partial charge in [-0.2, -0.15) is 0 Å². The Hall–Kier alpha value is -1.06. The van der Waals surface area contributed by atoms with Gasteiger partial charge in [-0.25, -0.2) is 0 Å². The maximum atomic E-state index is 11.7. The molecule has 0 heterocycles. The highest BCUT2D eigenvalue weighted by Crippen LogP contribution is 2.16. The summed E-state index contributed by atoms with van der Waals surface area (Å²) in [7, 11) is 0. The zero-order valence-electron chi connectivity index (χ0n) is 10.8. The standard InChI is InChI=1S/C14H20ClNO2/c1-3-4-10(2)14(18)16-9-13(17)11-5-7-12(15)8-6-11/h5-8,10,13,17H,3-4,9H2,1-2H3,(H,16,18). The molecule has 0 bridgehead atoms. The molecule has 1 aromatic rings. The number of amides is 1. The molecular formula is C14H20ClNO2. The molecule has 1 rings (SSSR count). The number of aliphatic hydroxyl groups is 1. The quantitative estimate of drug-likeness (QED) is 0.834. The lowest BCUT2D eigenvalue weighted by molar-refractivity contribution is -0.125. The molecule has 0 saturated heterocycles. The first-order valence-electron chi connectivity index (χ1n) is 6.25. The molecular weight excluding hydrogens is 250 g/mol. The highest BCUT2D eigenvalue weighted by Gasteiger charge is 2.14. The Labute approximate surface area is 113 Å². The fraction of sp³-hybridized carbons (Fsp3) is 0.500. The van der Waals surface area contributed by atoms with E-state index in [9.17, 15) is 9.90 Å². The van der Waals surface area contributed by atoms with E-state index < -0.39 is 6.10 Å². The fourth-order valence-electron chi connectivity index (χ4n) is 1.74. The Morgan fingerprint density at radius 1 is 1.39 bits per heavy atom. The molecule has 1 aromatic carbocycles. The van der Waals surface area contributed by atoms with Crippen molar-refractivity contribution in [1.29, 1.82) is 0 Å². The van der Waals surface area contributed by atoms with Crippen LogP contribution < -0.4 is 5.32 Å². The third kappa shape index (κ3) is 4.67. The normalized spacial score (nSPS) is 14.0. The lowest BCUT2D eigenvalue weighted by Crippen LogP contribution is -2.32. The van der Waals surface area contributed by atoms with Gasteiger partial charge >= 0.3 is 0 Å². The fourth-order valence-corrected chi connectivity index (χ4v) is 1.86. The first-order valence-corrected chi connectivity index (χ1v) is 6.63. The number of carbonyl (C=O) groups is 1. The van der Waals surface area contributed by atoms with E-state index in [4.69, 9.17) is 11.6 Å². The van der Waals surface area contributed by atoms with Gasteiger partial charge in [0.05, 0.1) is 6.10 Å². The van der Waals surface area contributed by atoms with E-state index in [0.29, 0.717) is 5.02 Å². The molecule has 0 aromatic heterocycles.